The van der Waals surface area contributed by atoms with Crippen LogP contribution in [0.2, 0.25) is 0 Å². The van der Waals surface area contributed by atoms with E-state index in [1.54, 1.807) is 0 Å². The van der Waals surface area contributed by atoms with Gasteiger partial charge in [-0.1, -0.05) is 168 Å². The average molecular weight is 597 g/mol. The zero-order valence-corrected chi connectivity index (χ0v) is 29.1. The Bertz CT molecular complexity index is 434. The van der Waals surface area contributed by atoms with Crippen LogP contribution in [-0.2, 0) is 0 Å². The molecule has 0 rings (SSSR count). The molecule has 4 nitrogen and oxygen atoms in total. The van der Waals surface area contributed by atoms with Crippen LogP contribution in [0.25, 0.3) is 0 Å². The van der Waals surface area contributed by atoms with Gasteiger partial charge in [-0.15, -0.1) is 0 Å². The minimum absolute atomic E-state index is 0.0471. The summed E-state index contributed by atoms with van der Waals surface area (Å²) in [4.78, 5) is 0. The summed E-state index contributed by atoms with van der Waals surface area (Å²) >= 11 is 0. The summed E-state index contributed by atoms with van der Waals surface area (Å²) < 4.78 is 0. The van der Waals surface area contributed by atoms with Crippen molar-refractivity contribution >= 4 is 0 Å². The van der Waals surface area contributed by atoms with Crippen LogP contribution in [0.3, 0.4) is 0 Å². The third-order valence-electron chi connectivity index (χ3n) is 9.04. The van der Waals surface area contributed by atoms with E-state index in [0.717, 1.165) is 38.8 Å². The average Bonchev–Trinajstić information content (AvgIpc) is 2.99. The molecule has 0 radical (unpaired) electrons. The van der Waals surface area contributed by atoms with Gasteiger partial charge in [0.05, 0.1) is 12.2 Å². The van der Waals surface area contributed by atoms with Crippen LogP contribution in [0, 0.1) is 0 Å². The molecule has 2 atom stereocenters. The second-order valence-electron chi connectivity index (χ2n) is 13.4. The number of nitrogens with one attached hydrogen (secondary N) is 2. The second kappa shape index (κ2) is 37.0. The Morgan fingerprint density at radius 2 is 0.548 bits per heavy atom. The molecule has 0 spiro atoms. The largest absolute Gasteiger partial charge is 0.393 e. The van der Waals surface area contributed by atoms with Gasteiger partial charge in [-0.3, -0.25) is 0 Å². The molecule has 2 unspecified atom stereocenters. The van der Waals surface area contributed by atoms with Crippen molar-refractivity contribution in [3.8, 4) is 0 Å². The van der Waals surface area contributed by atoms with Crippen LogP contribution >= 0.6 is 0 Å². The van der Waals surface area contributed by atoms with Crippen molar-refractivity contribution in [3.63, 3.8) is 0 Å². The fraction of sp³-hybridized carbons (Fsp3) is 1.00. The van der Waals surface area contributed by atoms with Crippen LogP contribution in [0.1, 0.15) is 206 Å². The van der Waals surface area contributed by atoms with Gasteiger partial charge in [0.25, 0.3) is 0 Å². The molecular weight excluding hydrogens is 516 g/mol. The van der Waals surface area contributed by atoms with Crippen LogP contribution in [0.5, 0.6) is 0 Å². The topological polar surface area (TPSA) is 64.5 Å². The lowest BCUT2D eigenvalue weighted by molar-refractivity contribution is 0.147. The van der Waals surface area contributed by atoms with E-state index < -0.39 is 0 Å². The lowest BCUT2D eigenvalue weighted by Gasteiger charge is -2.10. The minimum Gasteiger partial charge on any atom is -0.393 e. The van der Waals surface area contributed by atoms with Gasteiger partial charge in [-0.2, -0.15) is 0 Å². The number of aliphatic hydroxyl groups excluding tert-OH is 2. The van der Waals surface area contributed by atoms with Crippen LogP contribution in [-0.4, -0.2) is 48.6 Å². The Labute approximate surface area is 265 Å². The van der Waals surface area contributed by atoms with E-state index in [0.29, 0.717) is 0 Å². The van der Waals surface area contributed by atoms with Gasteiger partial charge < -0.3 is 20.8 Å². The van der Waals surface area contributed by atoms with Crippen molar-refractivity contribution in [2.75, 3.05) is 26.2 Å². The lowest BCUT2D eigenvalue weighted by atomic mass is 10.0. The van der Waals surface area contributed by atoms with Gasteiger partial charge in [0.1, 0.15) is 0 Å². The van der Waals surface area contributed by atoms with E-state index in [2.05, 4.69) is 24.5 Å². The van der Waals surface area contributed by atoms with Crippen molar-refractivity contribution in [3.05, 3.63) is 0 Å². The first kappa shape index (κ1) is 41.8. The van der Waals surface area contributed by atoms with Crippen molar-refractivity contribution < 1.29 is 10.2 Å². The molecule has 0 heterocycles. The lowest BCUT2D eigenvalue weighted by Crippen LogP contribution is -2.28. The van der Waals surface area contributed by atoms with Gasteiger partial charge in [-0.25, -0.2) is 0 Å². The van der Waals surface area contributed by atoms with E-state index in [9.17, 15) is 10.2 Å². The van der Waals surface area contributed by atoms with Crippen molar-refractivity contribution in [1.82, 2.24) is 10.6 Å². The number of rotatable bonds is 37. The molecule has 0 aromatic carbocycles. The molecule has 0 aromatic rings. The molecule has 0 aliphatic rings. The second-order valence-corrected chi connectivity index (χ2v) is 13.4. The Kier molecular flexibility index (Phi) is 36.9. The van der Waals surface area contributed by atoms with E-state index in [1.165, 1.54) is 180 Å². The summed E-state index contributed by atoms with van der Waals surface area (Å²) in [6, 6.07) is 0. The Morgan fingerprint density at radius 1 is 0.310 bits per heavy atom. The van der Waals surface area contributed by atoms with Crippen molar-refractivity contribution in [2.45, 2.75) is 219 Å². The fourth-order valence-corrected chi connectivity index (χ4v) is 6.06. The molecule has 0 aromatic heterocycles. The number of unbranched alkanes of at least 4 members (excludes halogenated alkanes) is 22. The quantitative estimate of drug-likeness (QED) is 0.0539. The summed E-state index contributed by atoms with van der Waals surface area (Å²) in [5.74, 6) is 0. The summed E-state index contributed by atoms with van der Waals surface area (Å²) in [7, 11) is 0. The maximum Gasteiger partial charge on any atom is 0.0540 e. The molecule has 0 aliphatic carbocycles. The summed E-state index contributed by atoms with van der Waals surface area (Å²) in [6.45, 7) is 9.02. The Morgan fingerprint density at radius 3 is 0.833 bits per heavy atom. The first-order chi connectivity index (χ1) is 20.7. The number of hydrogen-bond acceptors (Lipinski definition) is 4. The van der Waals surface area contributed by atoms with Gasteiger partial charge in [0.2, 0.25) is 0 Å². The molecule has 42 heavy (non-hydrogen) atoms. The van der Waals surface area contributed by atoms with E-state index >= 15 is 0 Å². The maximum atomic E-state index is 10.0. The SMILES string of the molecule is CCCCCCC(O)CCCCCCCCCCCNCCNCCCCCCCCCCCC(O)CCCCCC. The minimum atomic E-state index is -0.0471. The van der Waals surface area contributed by atoms with Gasteiger partial charge >= 0.3 is 0 Å². The molecule has 0 amide bonds. The fourth-order valence-electron chi connectivity index (χ4n) is 6.06. The predicted molar refractivity (Wildman–Crippen MR) is 188 cm³/mol. The highest BCUT2D eigenvalue weighted by molar-refractivity contribution is 4.59. The molecule has 0 fully saturated rings. The van der Waals surface area contributed by atoms with E-state index in [4.69, 9.17) is 0 Å². The van der Waals surface area contributed by atoms with Crippen LogP contribution in [0.15, 0.2) is 0 Å². The Hall–Kier alpha value is -0.160. The molecule has 0 saturated heterocycles. The standard InChI is InChI=1S/C38H80N2O2/c1-3-5-7-23-29-37(41)31-25-19-15-11-9-13-17-21-27-33-39-35-36-40-34-28-22-18-14-10-12-16-20-26-32-38(42)30-24-8-6-4-2/h37-42H,3-36H2,1-2H3. The third kappa shape index (κ3) is 36.0. The molecular formula is C38H80N2O2. The molecule has 0 aliphatic heterocycles. The van der Waals surface area contributed by atoms with Crippen LogP contribution < -0.4 is 10.6 Å². The first-order valence-corrected chi connectivity index (χ1v) is 19.5. The van der Waals surface area contributed by atoms with Crippen LogP contribution in [0.4, 0.5) is 0 Å². The normalized spacial score (nSPS) is 13.1. The first-order valence-electron chi connectivity index (χ1n) is 19.5. The molecule has 4 N–H and O–H groups in total. The van der Waals surface area contributed by atoms with Gasteiger partial charge in [-0.05, 0) is 51.6 Å². The molecule has 4 heteroatoms. The van der Waals surface area contributed by atoms with Gasteiger partial charge in [0.15, 0.2) is 0 Å². The van der Waals surface area contributed by atoms with Gasteiger partial charge in [0, 0.05) is 13.1 Å². The smallest absolute Gasteiger partial charge is 0.0540 e. The molecule has 0 saturated carbocycles. The van der Waals surface area contributed by atoms with E-state index in [1.807, 2.05) is 0 Å². The molecule has 0 bridgehead atoms. The summed E-state index contributed by atoms with van der Waals surface area (Å²) in [6.07, 6.45) is 38.3. The highest BCUT2D eigenvalue weighted by Gasteiger charge is 2.04. The maximum absolute atomic E-state index is 10.0. The monoisotopic (exact) mass is 597 g/mol. The Balaban J connectivity index is 3.12. The number of aliphatic hydroxyl groups is 2. The molecule has 254 valence electrons. The predicted octanol–water partition coefficient (Wildman–Crippen LogP) is 10.6. The third-order valence-corrected chi connectivity index (χ3v) is 9.04. The summed E-state index contributed by atoms with van der Waals surface area (Å²) in [5, 5.41) is 27.3. The summed E-state index contributed by atoms with van der Waals surface area (Å²) in [5.41, 5.74) is 0. The highest BCUT2D eigenvalue weighted by atomic mass is 16.3. The highest BCUT2D eigenvalue weighted by Crippen LogP contribution is 2.15. The number of hydrogen-bond donors (Lipinski definition) is 4. The van der Waals surface area contributed by atoms with Crippen molar-refractivity contribution in [1.29, 1.82) is 0 Å². The zero-order chi connectivity index (χ0) is 30.6. The zero-order valence-electron chi connectivity index (χ0n) is 29.1. The van der Waals surface area contributed by atoms with Crippen molar-refractivity contribution in [2.24, 2.45) is 0 Å². The van der Waals surface area contributed by atoms with E-state index in [-0.39, 0.29) is 12.2 Å².